The van der Waals surface area contributed by atoms with Gasteiger partial charge in [0.2, 0.25) is 0 Å². The highest BCUT2D eigenvalue weighted by Crippen LogP contribution is 2.30. The average molecular weight is 478 g/mol. The number of carbonyl (C=O) groups is 3. The van der Waals surface area contributed by atoms with Crippen molar-refractivity contribution < 1.29 is 33.3 Å². The Hall–Kier alpha value is -4.17. The van der Waals surface area contributed by atoms with Gasteiger partial charge in [-0.25, -0.2) is 4.79 Å². The lowest BCUT2D eigenvalue weighted by Crippen LogP contribution is -2.23. The molecule has 35 heavy (non-hydrogen) atoms. The van der Waals surface area contributed by atoms with E-state index in [2.05, 4.69) is 0 Å². The van der Waals surface area contributed by atoms with Crippen molar-refractivity contribution in [3.05, 3.63) is 95.6 Å². The zero-order valence-corrected chi connectivity index (χ0v) is 19.3. The molecule has 0 amide bonds. The van der Waals surface area contributed by atoms with Gasteiger partial charge in [0.05, 0.1) is 20.0 Å². The zero-order chi connectivity index (χ0) is 25.0. The number of methoxy groups -OCH3 is 1. The first-order valence-corrected chi connectivity index (χ1v) is 11.0. The molecule has 0 spiro atoms. The second kappa shape index (κ2) is 12.9. The molecule has 0 saturated heterocycles. The van der Waals surface area contributed by atoms with E-state index in [0.29, 0.717) is 5.56 Å². The van der Waals surface area contributed by atoms with E-state index in [1.54, 1.807) is 6.07 Å². The van der Waals surface area contributed by atoms with E-state index < -0.39 is 23.9 Å². The van der Waals surface area contributed by atoms with Gasteiger partial charge >= 0.3 is 17.9 Å². The van der Waals surface area contributed by atoms with Gasteiger partial charge in [-0.15, -0.1) is 0 Å². The third kappa shape index (κ3) is 7.97. The van der Waals surface area contributed by atoms with Crippen LogP contribution in [0.5, 0.6) is 11.5 Å². The van der Waals surface area contributed by atoms with Crippen molar-refractivity contribution in [2.24, 2.45) is 5.73 Å². The van der Waals surface area contributed by atoms with Crippen molar-refractivity contribution in [3.8, 4) is 11.5 Å². The fourth-order valence-electron chi connectivity index (χ4n) is 3.10. The lowest BCUT2D eigenvalue weighted by Gasteiger charge is -2.15. The molecule has 182 valence electrons. The Kier molecular flexibility index (Phi) is 9.39. The molecule has 0 radical (unpaired) electrons. The maximum atomic E-state index is 12.4. The molecule has 3 aromatic carbocycles. The Morgan fingerprint density at radius 3 is 1.91 bits per heavy atom. The molecule has 0 aliphatic heterocycles. The highest BCUT2D eigenvalue weighted by atomic mass is 16.6. The number of carbonyl (C=O) groups excluding carboxylic acids is 3. The number of nitrogens with two attached hydrogens (primary N) is 1. The topological polar surface area (TPSA) is 114 Å². The van der Waals surface area contributed by atoms with Crippen LogP contribution in [0.2, 0.25) is 0 Å². The van der Waals surface area contributed by atoms with Gasteiger partial charge in [0.1, 0.15) is 19.3 Å². The third-order valence-electron chi connectivity index (χ3n) is 5.02. The minimum Gasteiger partial charge on any atom is -0.493 e. The van der Waals surface area contributed by atoms with Crippen LogP contribution in [-0.4, -0.2) is 25.0 Å². The van der Waals surface area contributed by atoms with E-state index in [1.165, 1.54) is 19.2 Å². The second-order valence-electron chi connectivity index (χ2n) is 7.60. The summed E-state index contributed by atoms with van der Waals surface area (Å²) in [4.78, 5) is 36.5. The molecule has 2 N–H and O–H groups in total. The van der Waals surface area contributed by atoms with Crippen molar-refractivity contribution >= 4 is 17.9 Å². The summed E-state index contributed by atoms with van der Waals surface area (Å²) in [6.07, 6.45) is -0.284. The van der Waals surface area contributed by atoms with Gasteiger partial charge < -0.3 is 24.7 Å². The normalized spacial score (nSPS) is 11.3. The fourth-order valence-corrected chi connectivity index (χ4v) is 3.10. The van der Waals surface area contributed by atoms with Crippen LogP contribution in [0, 0.1) is 0 Å². The molecular formula is C27H27NO7. The van der Waals surface area contributed by atoms with Crippen molar-refractivity contribution in [1.29, 1.82) is 0 Å². The standard InChI is InChI=1S/C27H27NO7/c1-32-23-16-21(26(28)27(31)34-18-20-10-6-3-7-11-20)12-13-22(23)35-25(30)15-14-24(29)33-17-19-8-4-2-5-9-19/h2-13,16,26H,14-15,17-18,28H2,1H3. The van der Waals surface area contributed by atoms with Crippen LogP contribution >= 0.6 is 0 Å². The van der Waals surface area contributed by atoms with Crippen LogP contribution in [0.4, 0.5) is 0 Å². The minimum atomic E-state index is -1.04. The lowest BCUT2D eigenvalue weighted by atomic mass is 10.1. The van der Waals surface area contributed by atoms with Gasteiger partial charge in [-0.3, -0.25) is 9.59 Å². The Morgan fingerprint density at radius 1 is 0.743 bits per heavy atom. The van der Waals surface area contributed by atoms with E-state index in [-0.39, 0.29) is 37.6 Å². The van der Waals surface area contributed by atoms with E-state index in [4.69, 9.17) is 24.7 Å². The largest absolute Gasteiger partial charge is 0.493 e. The summed E-state index contributed by atoms with van der Waals surface area (Å²) in [5, 5.41) is 0. The first kappa shape index (κ1) is 25.5. The van der Waals surface area contributed by atoms with Gasteiger partial charge in [0.25, 0.3) is 0 Å². The first-order chi connectivity index (χ1) is 17.0. The SMILES string of the molecule is COc1cc(C(N)C(=O)OCc2ccccc2)ccc1OC(=O)CCC(=O)OCc1ccccc1. The molecular weight excluding hydrogens is 450 g/mol. The Bertz CT molecular complexity index is 1130. The molecule has 0 aromatic heterocycles. The smallest absolute Gasteiger partial charge is 0.327 e. The Morgan fingerprint density at radius 2 is 1.31 bits per heavy atom. The molecule has 0 heterocycles. The lowest BCUT2D eigenvalue weighted by molar-refractivity contribution is -0.148. The molecule has 8 heteroatoms. The summed E-state index contributed by atoms with van der Waals surface area (Å²) in [6.45, 7) is 0.242. The summed E-state index contributed by atoms with van der Waals surface area (Å²) in [5.41, 5.74) is 8.18. The van der Waals surface area contributed by atoms with Gasteiger partial charge in [-0.1, -0.05) is 66.7 Å². The van der Waals surface area contributed by atoms with Gasteiger partial charge in [-0.05, 0) is 28.8 Å². The van der Waals surface area contributed by atoms with Crippen LogP contribution in [-0.2, 0) is 37.1 Å². The molecule has 1 atom stereocenters. The molecule has 3 rings (SSSR count). The molecule has 0 aliphatic carbocycles. The summed E-state index contributed by atoms with van der Waals surface area (Å²) in [7, 11) is 1.40. The average Bonchev–Trinajstić information content (AvgIpc) is 2.90. The number of hydrogen-bond donors (Lipinski definition) is 1. The van der Waals surface area contributed by atoms with Crippen molar-refractivity contribution in [1.82, 2.24) is 0 Å². The van der Waals surface area contributed by atoms with Gasteiger partial charge in [0.15, 0.2) is 11.5 Å². The van der Waals surface area contributed by atoms with Crippen LogP contribution in [0.3, 0.4) is 0 Å². The number of esters is 3. The third-order valence-corrected chi connectivity index (χ3v) is 5.02. The van der Waals surface area contributed by atoms with Gasteiger partial charge in [-0.2, -0.15) is 0 Å². The Balaban J connectivity index is 1.50. The quantitative estimate of drug-likeness (QED) is 0.327. The molecule has 0 saturated carbocycles. The monoisotopic (exact) mass is 477 g/mol. The number of ether oxygens (including phenoxy) is 4. The predicted octanol–water partition coefficient (Wildman–Crippen LogP) is 3.87. The molecule has 0 bridgehead atoms. The molecule has 0 fully saturated rings. The van der Waals surface area contributed by atoms with E-state index >= 15 is 0 Å². The van der Waals surface area contributed by atoms with E-state index in [1.807, 2.05) is 60.7 Å². The van der Waals surface area contributed by atoms with E-state index in [9.17, 15) is 14.4 Å². The maximum absolute atomic E-state index is 12.4. The number of hydrogen-bond acceptors (Lipinski definition) is 8. The summed E-state index contributed by atoms with van der Waals surface area (Å²) >= 11 is 0. The highest BCUT2D eigenvalue weighted by Gasteiger charge is 2.21. The van der Waals surface area contributed by atoms with Crippen LogP contribution in [0.15, 0.2) is 78.9 Å². The first-order valence-electron chi connectivity index (χ1n) is 11.0. The molecule has 0 aliphatic rings. The zero-order valence-electron chi connectivity index (χ0n) is 19.3. The summed E-state index contributed by atoms with van der Waals surface area (Å²) < 4.78 is 21.0. The Labute approximate surface area is 203 Å². The molecule has 3 aromatic rings. The van der Waals surface area contributed by atoms with Crippen LogP contribution in [0.25, 0.3) is 0 Å². The second-order valence-corrected chi connectivity index (χ2v) is 7.60. The fraction of sp³-hybridized carbons (Fsp3) is 0.222. The van der Waals surface area contributed by atoms with Crippen LogP contribution < -0.4 is 15.2 Å². The molecule has 8 nitrogen and oxygen atoms in total. The minimum absolute atomic E-state index is 0.105. The number of rotatable bonds is 11. The molecule has 1 unspecified atom stereocenters. The van der Waals surface area contributed by atoms with Gasteiger partial charge in [0, 0.05) is 0 Å². The van der Waals surface area contributed by atoms with Crippen LogP contribution in [0.1, 0.15) is 35.6 Å². The number of benzene rings is 3. The predicted molar refractivity (Wildman–Crippen MR) is 127 cm³/mol. The van der Waals surface area contributed by atoms with E-state index in [0.717, 1.165) is 11.1 Å². The summed E-state index contributed by atoms with van der Waals surface area (Å²) in [5.74, 6) is -1.38. The highest BCUT2D eigenvalue weighted by molar-refractivity contribution is 5.80. The van der Waals surface area contributed by atoms with Crippen molar-refractivity contribution in [3.63, 3.8) is 0 Å². The van der Waals surface area contributed by atoms with Crippen molar-refractivity contribution in [2.45, 2.75) is 32.1 Å². The summed E-state index contributed by atoms with van der Waals surface area (Å²) in [6, 6.07) is 22.0. The van der Waals surface area contributed by atoms with Crippen molar-refractivity contribution in [2.75, 3.05) is 7.11 Å². The maximum Gasteiger partial charge on any atom is 0.327 e.